The molecule has 1 aromatic carbocycles. The van der Waals surface area contributed by atoms with Crippen molar-refractivity contribution in [2.24, 2.45) is 5.92 Å². The fourth-order valence-corrected chi connectivity index (χ4v) is 5.79. The maximum atomic E-state index is 12.9. The van der Waals surface area contributed by atoms with Gasteiger partial charge in [0.25, 0.3) is 5.69 Å². The summed E-state index contributed by atoms with van der Waals surface area (Å²) in [5, 5.41) is 11.2. The highest BCUT2D eigenvalue weighted by Gasteiger charge is 2.37. The maximum Gasteiger partial charge on any atom is 0.289 e. The first kappa shape index (κ1) is 18.3. The summed E-state index contributed by atoms with van der Waals surface area (Å²) in [5.41, 5.74) is -0.349. The molecule has 1 heterocycles. The Bertz CT molecular complexity index is 729. The van der Waals surface area contributed by atoms with Crippen molar-refractivity contribution < 1.29 is 18.2 Å². The van der Waals surface area contributed by atoms with Gasteiger partial charge in [0, 0.05) is 12.5 Å². The fourth-order valence-electron chi connectivity index (χ4n) is 4.19. The van der Waals surface area contributed by atoms with Crippen LogP contribution in [0.25, 0.3) is 0 Å². The number of hydrogen-bond donors (Lipinski definition) is 1. The number of nitrogens with zero attached hydrogens (tertiary/aromatic N) is 2. The minimum atomic E-state index is -3.82. The van der Waals surface area contributed by atoms with Gasteiger partial charge >= 0.3 is 0 Å². The Labute approximate surface area is 148 Å². The van der Waals surface area contributed by atoms with Crippen LogP contribution in [0.15, 0.2) is 29.2 Å². The minimum Gasteiger partial charge on any atom is -0.330 e. The molecule has 1 aromatic rings. The van der Waals surface area contributed by atoms with Gasteiger partial charge in [0.15, 0.2) is 4.90 Å². The zero-order valence-electron chi connectivity index (χ0n) is 14.6. The molecule has 7 nitrogen and oxygen atoms in total. The summed E-state index contributed by atoms with van der Waals surface area (Å²) in [6.07, 6.45) is 4.98. The van der Waals surface area contributed by atoms with E-state index in [1.807, 2.05) is 0 Å². The third-order valence-electron chi connectivity index (χ3n) is 5.56. The van der Waals surface area contributed by atoms with Crippen molar-refractivity contribution in [3.05, 3.63) is 34.4 Å². The van der Waals surface area contributed by atoms with Gasteiger partial charge in [0.05, 0.1) is 37.1 Å². The molecule has 1 saturated heterocycles. The van der Waals surface area contributed by atoms with Gasteiger partial charge in [-0.3, -0.25) is 10.1 Å². The van der Waals surface area contributed by atoms with Gasteiger partial charge in [0.1, 0.15) is 0 Å². The first-order valence-corrected chi connectivity index (χ1v) is 10.4. The molecule has 0 aromatic heterocycles. The summed E-state index contributed by atoms with van der Waals surface area (Å²) in [5.74, 6) is 0.750. The number of rotatable bonds is 4. The van der Waals surface area contributed by atoms with E-state index < -0.39 is 14.9 Å². The van der Waals surface area contributed by atoms with Crippen LogP contribution in [0.3, 0.4) is 0 Å². The van der Waals surface area contributed by atoms with Crippen LogP contribution >= 0.6 is 0 Å². The molecule has 2 atom stereocenters. The Kier molecular flexibility index (Phi) is 5.41. The SMILES string of the molecule is C[C@H]1CCC[C@@H]([NH+]2CCN(S(=O)(=O)c3ccccc3[N+](=O)[O-])CC2)C1. The van der Waals surface area contributed by atoms with Gasteiger partial charge in [-0.15, -0.1) is 0 Å². The highest BCUT2D eigenvalue weighted by Crippen LogP contribution is 2.26. The lowest BCUT2D eigenvalue weighted by Crippen LogP contribution is -3.18. The smallest absolute Gasteiger partial charge is 0.289 e. The van der Waals surface area contributed by atoms with Gasteiger partial charge in [-0.25, -0.2) is 8.42 Å². The number of para-hydroxylation sites is 1. The summed E-state index contributed by atoms with van der Waals surface area (Å²) in [7, 11) is -3.82. The van der Waals surface area contributed by atoms with Crippen LogP contribution in [0.4, 0.5) is 5.69 Å². The second-order valence-electron chi connectivity index (χ2n) is 7.26. The van der Waals surface area contributed by atoms with Crippen LogP contribution in [-0.4, -0.2) is 49.9 Å². The van der Waals surface area contributed by atoms with E-state index in [4.69, 9.17) is 0 Å². The molecule has 1 aliphatic heterocycles. The van der Waals surface area contributed by atoms with Crippen molar-refractivity contribution in [2.75, 3.05) is 26.2 Å². The lowest BCUT2D eigenvalue weighted by atomic mass is 9.86. The number of sulfonamides is 1. The van der Waals surface area contributed by atoms with Crippen molar-refractivity contribution in [3.8, 4) is 0 Å². The molecule has 25 heavy (non-hydrogen) atoms. The van der Waals surface area contributed by atoms with E-state index in [0.717, 1.165) is 19.0 Å². The van der Waals surface area contributed by atoms with E-state index in [-0.39, 0.29) is 10.6 Å². The summed E-state index contributed by atoms with van der Waals surface area (Å²) in [6.45, 7) is 4.69. The van der Waals surface area contributed by atoms with Gasteiger partial charge in [-0.1, -0.05) is 25.5 Å². The lowest BCUT2D eigenvalue weighted by Gasteiger charge is -2.38. The number of piperazine rings is 1. The molecule has 1 aliphatic carbocycles. The largest absolute Gasteiger partial charge is 0.330 e. The van der Waals surface area contributed by atoms with E-state index in [1.54, 1.807) is 0 Å². The molecule has 2 fully saturated rings. The van der Waals surface area contributed by atoms with Gasteiger partial charge in [0.2, 0.25) is 10.0 Å². The second-order valence-corrected chi connectivity index (χ2v) is 9.16. The van der Waals surface area contributed by atoms with Crippen molar-refractivity contribution in [1.29, 1.82) is 0 Å². The van der Waals surface area contributed by atoms with Crippen molar-refractivity contribution >= 4 is 15.7 Å². The Morgan fingerprint density at radius 1 is 1.20 bits per heavy atom. The van der Waals surface area contributed by atoms with Crippen LogP contribution in [0.1, 0.15) is 32.6 Å². The zero-order chi connectivity index (χ0) is 18.0. The van der Waals surface area contributed by atoms with Gasteiger partial charge < -0.3 is 4.90 Å². The number of quaternary nitrogens is 1. The predicted octanol–water partition coefficient (Wildman–Crippen LogP) is 1.06. The number of nitro benzene ring substituents is 1. The molecule has 0 amide bonds. The molecule has 2 aliphatic rings. The quantitative estimate of drug-likeness (QED) is 0.636. The Morgan fingerprint density at radius 3 is 2.52 bits per heavy atom. The lowest BCUT2D eigenvalue weighted by molar-refractivity contribution is -0.930. The second kappa shape index (κ2) is 7.39. The third-order valence-corrected chi connectivity index (χ3v) is 7.50. The van der Waals surface area contributed by atoms with Crippen molar-refractivity contribution in [2.45, 2.75) is 43.5 Å². The molecule has 1 saturated carbocycles. The number of nitro groups is 1. The molecular formula is C17H26N3O4S+. The van der Waals surface area contributed by atoms with Crippen LogP contribution in [0, 0.1) is 16.0 Å². The van der Waals surface area contributed by atoms with Crippen LogP contribution in [0.2, 0.25) is 0 Å². The van der Waals surface area contributed by atoms with Crippen LogP contribution < -0.4 is 4.90 Å². The molecule has 8 heteroatoms. The summed E-state index contributed by atoms with van der Waals surface area (Å²) >= 11 is 0. The normalized spacial score (nSPS) is 26.4. The molecule has 0 bridgehead atoms. The third kappa shape index (κ3) is 3.86. The average Bonchev–Trinajstić information content (AvgIpc) is 2.62. The predicted molar refractivity (Wildman–Crippen MR) is 94.0 cm³/mol. The van der Waals surface area contributed by atoms with Crippen LogP contribution in [-0.2, 0) is 10.0 Å². The molecule has 1 N–H and O–H groups in total. The Morgan fingerprint density at radius 2 is 1.88 bits per heavy atom. The average molecular weight is 368 g/mol. The number of nitrogens with one attached hydrogen (secondary N) is 1. The van der Waals surface area contributed by atoms with E-state index in [1.165, 1.54) is 59.2 Å². The standard InChI is InChI=1S/C17H25N3O4S/c1-14-5-4-6-15(13-14)18-9-11-19(12-10-18)25(23,24)17-8-3-2-7-16(17)20(21)22/h2-3,7-8,14-15H,4-6,9-13H2,1H3/p+1/t14-,15+/m0/s1. The maximum absolute atomic E-state index is 12.9. The summed E-state index contributed by atoms with van der Waals surface area (Å²) in [6, 6.07) is 6.22. The van der Waals surface area contributed by atoms with Gasteiger partial charge in [-0.2, -0.15) is 4.31 Å². The molecule has 0 spiro atoms. The molecular weight excluding hydrogens is 342 g/mol. The summed E-state index contributed by atoms with van der Waals surface area (Å²) < 4.78 is 27.1. The van der Waals surface area contributed by atoms with Crippen molar-refractivity contribution in [1.82, 2.24) is 4.31 Å². The zero-order valence-corrected chi connectivity index (χ0v) is 15.4. The summed E-state index contributed by atoms with van der Waals surface area (Å²) in [4.78, 5) is 11.8. The van der Waals surface area contributed by atoms with Crippen LogP contribution in [0.5, 0.6) is 0 Å². The fraction of sp³-hybridized carbons (Fsp3) is 0.647. The van der Waals surface area contributed by atoms with Crippen molar-refractivity contribution in [3.63, 3.8) is 0 Å². The first-order valence-electron chi connectivity index (χ1n) is 8.97. The number of benzene rings is 1. The van der Waals surface area contributed by atoms with E-state index >= 15 is 0 Å². The highest BCUT2D eigenvalue weighted by atomic mass is 32.2. The van der Waals surface area contributed by atoms with E-state index in [0.29, 0.717) is 19.1 Å². The highest BCUT2D eigenvalue weighted by molar-refractivity contribution is 7.89. The molecule has 0 radical (unpaired) electrons. The minimum absolute atomic E-state index is 0.199. The van der Waals surface area contributed by atoms with E-state index in [9.17, 15) is 18.5 Å². The molecule has 3 rings (SSSR count). The Balaban J connectivity index is 1.71. The first-order chi connectivity index (χ1) is 11.9. The van der Waals surface area contributed by atoms with E-state index in [2.05, 4.69) is 6.92 Å². The molecule has 138 valence electrons. The topological polar surface area (TPSA) is 85.0 Å². The Hall–Kier alpha value is -1.51. The number of hydrogen-bond acceptors (Lipinski definition) is 4. The monoisotopic (exact) mass is 368 g/mol. The van der Waals surface area contributed by atoms with Gasteiger partial charge in [-0.05, 0) is 24.8 Å². The molecule has 0 unspecified atom stereocenters.